The zero-order valence-electron chi connectivity index (χ0n) is 20.1. The zero-order valence-corrected chi connectivity index (χ0v) is 21.7. The van der Waals surface area contributed by atoms with E-state index in [4.69, 9.17) is 21.5 Å². The highest BCUT2D eigenvalue weighted by Crippen LogP contribution is 2.26. The summed E-state index contributed by atoms with van der Waals surface area (Å²) in [4.78, 5) is 0. The quantitative estimate of drug-likeness (QED) is 0.206. The van der Waals surface area contributed by atoms with Gasteiger partial charge in [0.05, 0.1) is 0 Å². The second-order valence-corrected chi connectivity index (χ2v) is 9.04. The lowest BCUT2D eigenvalue weighted by Gasteiger charge is -2.08. The second-order valence-electron chi connectivity index (χ2n) is 8.13. The van der Waals surface area contributed by atoms with Gasteiger partial charge in [-0.1, -0.05) is 76.6 Å². The van der Waals surface area contributed by atoms with Gasteiger partial charge in [-0.25, -0.2) is 0 Å². The summed E-state index contributed by atoms with van der Waals surface area (Å²) >= 11 is 3.39. The molecule has 4 nitrogen and oxygen atoms in total. The Morgan fingerprint density at radius 3 is 1.35 bits per heavy atom. The van der Waals surface area contributed by atoms with Crippen LogP contribution in [0.5, 0.6) is 0 Å². The molecule has 4 aromatic carbocycles. The standard InChI is InChI=1S/C14H15N.C8H10BrN.C6H7BO2/c1-10-8-13(9-11(2)14(10)15)12-6-4-3-5-7-12;1-5-3-7(9)4-6(2)8(5)10;8-7(9)6-4-2-1-3-5-6/h3-9H,15H2,1-2H3;3-4H,10H2,1-2H3;1-5,8-9H. The maximum atomic E-state index is 8.58. The molecule has 6 N–H and O–H groups in total. The summed E-state index contributed by atoms with van der Waals surface area (Å²) < 4.78 is 1.09. The smallest absolute Gasteiger partial charge is 0.423 e. The molecule has 0 atom stereocenters. The molecule has 0 aliphatic heterocycles. The molecule has 0 heterocycles. The van der Waals surface area contributed by atoms with Gasteiger partial charge in [0.25, 0.3) is 0 Å². The van der Waals surface area contributed by atoms with Crippen LogP contribution in [0.15, 0.2) is 89.4 Å². The Labute approximate surface area is 211 Å². The Kier molecular flexibility index (Phi) is 10.4. The van der Waals surface area contributed by atoms with Gasteiger partial charge in [-0.2, -0.15) is 0 Å². The van der Waals surface area contributed by atoms with Crippen LogP contribution in [-0.2, 0) is 0 Å². The summed E-state index contributed by atoms with van der Waals surface area (Å²) in [6.45, 7) is 8.11. The molecule has 34 heavy (non-hydrogen) atoms. The molecule has 0 bridgehead atoms. The molecule has 0 spiro atoms. The Morgan fingerprint density at radius 2 is 0.971 bits per heavy atom. The van der Waals surface area contributed by atoms with Crippen molar-refractivity contribution in [2.75, 3.05) is 11.5 Å². The highest BCUT2D eigenvalue weighted by molar-refractivity contribution is 9.10. The minimum absolute atomic E-state index is 0.525. The molecule has 0 aliphatic carbocycles. The van der Waals surface area contributed by atoms with E-state index in [9.17, 15) is 0 Å². The summed E-state index contributed by atoms with van der Waals surface area (Å²) in [6, 6.07) is 27.3. The monoisotopic (exact) mass is 518 g/mol. The van der Waals surface area contributed by atoms with Gasteiger partial charge in [-0.15, -0.1) is 0 Å². The van der Waals surface area contributed by atoms with Crippen molar-refractivity contribution >= 4 is 39.9 Å². The fourth-order valence-electron chi connectivity index (χ4n) is 3.32. The molecule has 0 aliphatic rings. The van der Waals surface area contributed by atoms with Crippen molar-refractivity contribution in [2.24, 2.45) is 0 Å². The molecular weight excluding hydrogens is 487 g/mol. The number of benzene rings is 4. The number of nitrogens with two attached hydrogens (primary N) is 2. The first kappa shape index (κ1) is 27.2. The van der Waals surface area contributed by atoms with E-state index in [0.29, 0.717) is 5.46 Å². The normalized spacial score (nSPS) is 9.85. The number of hydrogen-bond acceptors (Lipinski definition) is 4. The topological polar surface area (TPSA) is 92.5 Å². The van der Waals surface area contributed by atoms with E-state index in [1.54, 1.807) is 24.3 Å². The number of hydrogen-bond donors (Lipinski definition) is 4. The van der Waals surface area contributed by atoms with E-state index in [0.717, 1.165) is 38.1 Å². The van der Waals surface area contributed by atoms with Crippen LogP contribution in [0.25, 0.3) is 11.1 Å². The largest absolute Gasteiger partial charge is 0.488 e. The highest BCUT2D eigenvalue weighted by Gasteiger charge is 2.07. The van der Waals surface area contributed by atoms with Gasteiger partial charge in [-0.05, 0) is 90.8 Å². The Bertz CT molecular complexity index is 1150. The first-order valence-corrected chi connectivity index (χ1v) is 11.7. The fraction of sp³-hybridized carbons (Fsp3) is 0.143. The average molecular weight is 519 g/mol. The van der Waals surface area contributed by atoms with E-state index >= 15 is 0 Å². The lowest BCUT2D eigenvalue weighted by atomic mass is 9.81. The summed E-state index contributed by atoms with van der Waals surface area (Å²) in [5, 5.41) is 17.2. The Balaban J connectivity index is 0.000000189. The van der Waals surface area contributed by atoms with Crippen LogP contribution in [0.2, 0.25) is 0 Å². The first-order valence-electron chi connectivity index (χ1n) is 11.0. The molecule has 0 saturated heterocycles. The van der Waals surface area contributed by atoms with Crippen LogP contribution in [0, 0.1) is 27.7 Å². The SMILES string of the molecule is Cc1cc(-c2ccccc2)cc(C)c1N.Cc1cc(Br)cc(C)c1N.OB(O)c1ccccc1. The van der Waals surface area contributed by atoms with Crippen LogP contribution in [-0.4, -0.2) is 17.2 Å². The molecule has 0 saturated carbocycles. The van der Waals surface area contributed by atoms with E-state index in [-0.39, 0.29) is 0 Å². The first-order chi connectivity index (χ1) is 16.1. The minimum Gasteiger partial charge on any atom is -0.423 e. The molecule has 0 unspecified atom stereocenters. The summed E-state index contributed by atoms with van der Waals surface area (Å²) in [5.74, 6) is 0. The van der Waals surface area contributed by atoms with Gasteiger partial charge in [0.2, 0.25) is 0 Å². The molecule has 0 amide bonds. The van der Waals surface area contributed by atoms with Gasteiger partial charge >= 0.3 is 7.12 Å². The number of rotatable bonds is 2. The third-order valence-corrected chi connectivity index (χ3v) is 5.81. The Morgan fingerprint density at radius 1 is 0.588 bits per heavy atom. The third kappa shape index (κ3) is 8.06. The molecule has 0 radical (unpaired) electrons. The van der Waals surface area contributed by atoms with Crippen molar-refractivity contribution in [1.82, 2.24) is 0 Å². The molecule has 6 heteroatoms. The summed E-state index contributed by atoms with van der Waals surface area (Å²) in [6.07, 6.45) is 0. The summed E-state index contributed by atoms with van der Waals surface area (Å²) in [5.41, 5.74) is 21.0. The molecule has 0 aromatic heterocycles. The Hall–Kier alpha value is -3.06. The van der Waals surface area contributed by atoms with Gasteiger partial charge in [0.1, 0.15) is 0 Å². The van der Waals surface area contributed by atoms with Crippen molar-refractivity contribution in [3.63, 3.8) is 0 Å². The van der Waals surface area contributed by atoms with Crippen molar-refractivity contribution in [3.05, 3.63) is 112 Å². The van der Waals surface area contributed by atoms with Crippen LogP contribution in [0.3, 0.4) is 0 Å². The lowest BCUT2D eigenvalue weighted by Crippen LogP contribution is -2.29. The van der Waals surface area contributed by atoms with E-state index in [1.807, 2.05) is 38.1 Å². The fourth-order valence-corrected chi connectivity index (χ4v) is 4.01. The zero-order chi connectivity index (χ0) is 25.3. The van der Waals surface area contributed by atoms with Crippen LogP contribution < -0.4 is 16.9 Å². The molecule has 4 rings (SSSR count). The van der Waals surface area contributed by atoms with Crippen LogP contribution in [0.4, 0.5) is 11.4 Å². The van der Waals surface area contributed by atoms with Crippen molar-refractivity contribution in [2.45, 2.75) is 27.7 Å². The minimum atomic E-state index is -1.34. The molecule has 4 aromatic rings. The average Bonchev–Trinajstić information content (AvgIpc) is 2.82. The number of nitrogen functional groups attached to an aromatic ring is 2. The van der Waals surface area contributed by atoms with E-state index in [2.05, 4.69) is 66.2 Å². The van der Waals surface area contributed by atoms with E-state index in [1.165, 1.54) is 11.1 Å². The van der Waals surface area contributed by atoms with Gasteiger partial charge < -0.3 is 21.5 Å². The maximum Gasteiger partial charge on any atom is 0.488 e. The predicted octanol–water partition coefficient (Wildman–Crippen LogP) is 5.57. The highest BCUT2D eigenvalue weighted by atomic mass is 79.9. The van der Waals surface area contributed by atoms with E-state index < -0.39 is 7.12 Å². The third-order valence-electron chi connectivity index (χ3n) is 5.36. The molecule has 176 valence electrons. The van der Waals surface area contributed by atoms with Crippen LogP contribution >= 0.6 is 15.9 Å². The lowest BCUT2D eigenvalue weighted by molar-refractivity contribution is 0.426. The maximum absolute atomic E-state index is 8.58. The van der Waals surface area contributed by atoms with Gasteiger partial charge in [0, 0.05) is 15.8 Å². The number of aryl methyl sites for hydroxylation is 4. The summed E-state index contributed by atoms with van der Waals surface area (Å²) in [7, 11) is -1.34. The second kappa shape index (κ2) is 13.0. The van der Waals surface area contributed by atoms with Crippen molar-refractivity contribution in [3.8, 4) is 11.1 Å². The molecular formula is C28H32BBrN2O2. The van der Waals surface area contributed by atoms with Gasteiger partial charge in [0.15, 0.2) is 0 Å². The van der Waals surface area contributed by atoms with Crippen molar-refractivity contribution < 1.29 is 10.0 Å². The van der Waals surface area contributed by atoms with Crippen molar-refractivity contribution in [1.29, 1.82) is 0 Å². The van der Waals surface area contributed by atoms with Crippen LogP contribution in [0.1, 0.15) is 22.3 Å². The number of halogens is 1. The number of anilines is 2. The molecule has 0 fully saturated rings. The predicted molar refractivity (Wildman–Crippen MR) is 150 cm³/mol. The van der Waals surface area contributed by atoms with Gasteiger partial charge in [-0.3, -0.25) is 0 Å².